The fraction of sp³-hybridized carbons (Fsp3) is 0.167. The zero-order valence-electron chi connectivity index (χ0n) is 13.4. The zero-order chi connectivity index (χ0) is 17.5. The van der Waals surface area contributed by atoms with Crippen LogP contribution < -0.4 is 9.47 Å². The molecule has 0 aliphatic heterocycles. The van der Waals surface area contributed by atoms with Crippen molar-refractivity contribution in [1.82, 2.24) is 0 Å². The number of hydrogen-bond acceptors (Lipinski definition) is 5. The van der Waals surface area contributed by atoms with Crippen LogP contribution in [-0.2, 0) is 0 Å². The van der Waals surface area contributed by atoms with Gasteiger partial charge in [-0.25, -0.2) is 4.79 Å². The van der Waals surface area contributed by atoms with Crippen molar-refractivity contribution in [3.63, 3.8) is 0 Å². The number of carbonyl (C=O) groups excluding carboxylic acids is 1. The number of rotatable bonds is 6. The molecule has 0 saturated heterocycles. The Hall–Kier alpha value is -3.15. The van der Waals surface area contributed by atoms with Gasteiger partial charge in [0.2, 0.25) is 6.20 Å². The van der Waals surface area contributed by atoms with Gasteiger partial charge in [0.1, 0.15) is 0 Å². The first-order valence-electron chi connectivity index (χ1n) is 7.37. The number of aryl methyl sites for hydroxylation is 1. The van der Waals surface area contributed by atoms with Crippen molar-refractivity contribution in [1.29, 1.82) is 0 Å². The van der Waals surface area contributed by atoms with Crippen LogP contribution in [-0.4, -0.2) is 17.5 Å². The van der Waals surface area contributed by atoms with E-state index >= 15 is 0 Å². The van der Waals surface area contributed by atoms with Gasteiger partial charge in [-0.15, -0.1) is 0 Å². The smallest absolute Gasteiger partial charge is 0.343 e. The molecule has 6 nitrogen and oxygen atoms in total. The van der Waals surface area contributed by atoms with Gasteiger partial charge in [0.15, 0.2) is 11.5 Å². The number of ether oxygens (including phenoxy) is 2. The molecule has 0 aliphatic rings. The Morgan fingerprint density at radius 2 is 1.88 bits per heavy atom. The number of nitrogens with zero attached hydrogens (tertiary/aromatic N) is 1. The van der Waals surface area contributed by atoms with Crippen molar-refractivity contribution < 1.29 is 19.2 Å². The number of hydrogen-bond donors (Lipinski definition) is 0. The highest BCUT2D eigenvalue weighted by atomic mass is 16.6. The van der Waals surface area contributed by atoms with Gasteiger partial charge in [-0.3, -0.25) is 10.1 Å². The SMILES string of the molecule is CCOc1cc(/C=C\[N+](=O)[O-])ccc1OC(=O)c1ccc(C)cc1. The Morgan fingerprint density at radius 3 is 2.50 bits per heavy atom. The minimum absolute atomic E-state index is 0.265. The summed E-state index contributed by atoms with van der Waals surface area (Å²) in [5.41, 5.74) is 2.05. The normalized spacial score (nSPS) is 10.6. The summed E-state index contributed by atoms with van der Waals surface area (Å²) in [5, 5.41) is 10.4. The number of nitro groups is 1. The van der Waals surface area contributed by atoms with Crippen molar-refractivity contribution in [2.75, 3.05) is 6.61 Å². The molecule has 0 saturated carbocycles. The Bertz CT molecular complexity index is 765. The Morgan fingerprint density at radius 1 is 1.17 bits per heavy atom. The van der Waals surface area contributed by atoms with E-state index in [1.807, 2.05) is 19.1 Å². The minimum atomic E-state index is -0.550. The monoisotopic (exact) mass is 327 g/mol. The summed E-state index contributed by atoms with van der Waals surface area (Å²) in [4.78, 5) is 22.0. The van der Waals surface area contributed by atoms with Crippen molar-refractivity contribution in [2.24, 2.45) is 0 Å². The molecule has 0 spiro atoms. The van der Waals surface area contributed by atoms with Crippen molar-refractivity contribution in [3.8, 4) is 11.5 Å². The maximum absolute atomic E-state index is 12.2. The zero-order valence-corrected chi connectivity index (χ0v) is 13.4. The lowest BCUT2D eigenvalue weighted by Crippen LogP contribution is -2.09. The maximum Gasteiger partial charge on any atom is 0.343 e. The van der Waals surface area contributed by atoms with Crippen LogP contribution in [0.1, 0.15) is 28.4 Å². The van der Waals surface area contributed by atoms with Gasteiger partial charge in [-0.1, -0.05) is 23.8 Å². The maximum atomic E-state index is 12.2. The van der Waals surface area contributed by atoms with Gasteiger partial charge in [0.25, 0.3) is 0 Å². The molecule has 2 rings (SSSR count). The standard InChI is InChI=1S/C18H17NO5/c1-3-23-17-12-14(10-11-19(21)22)6-9-16(17)24-18(20)15-7-4-13(2)5-8-15/h4-12H,3H2,1-2H3/b11-10-. The largest absolute Gasteiger partial charge is 0.490 e. The molecule has 0 atom stereocenters. The molecule has 6 heteroatoms. The van der Waals surface area contributed by atoms with E-state index in [4.69, 9.17) is 9.47 Å². The lowest BCUT2D eigenvalue weighted by molar-refractivity contribution is -0.400. The van der Waals surface area contributed by atoms with Gasteiger partial charge in [0, 0.05) is 6.08 Å². The second-order valence-electron chi connectivity index (χ2n) is 5.00. The first-order valence-corrected chi connectivity index (χ1v) is 7.37. The average molecular weight is 327 g/mol. The van der Waals surface area contributed by atoms with Crippen LogP contribution in [0.4, 0.5) is 0 Å². The van der Waals surface area contributed by atoms with E-state index in [1.165, 1.54) is 6.08 Å². The quantitative estimate of drug-likeness (QED) is 0.348. The number of carbonyl (C=O) groups is 1. The van der Waals surface area contributed by atoms with Crippen LogP contribution in [0, 0.1) is 17.0 Å². The van der Waals surface area contributed by atoms with E-state index in [0.29, 0.717) is 23.5 Å². The fourth-order valence-electron chi connectivity index (χ4n) is 1.98. The van der Waals surface area contributed by atoms with Gasteiger partial charge in [-0.2, -0.15) is 0 Å². The molecule has 0 aliphatic carbocycles. The highest BCUT2D eigenvalue weighted by Gasteiger charge is 2.13. The van der Waals surface area contributed by atoms with E-state index in [9.17, 15) is 14.9 Å². The van der Waals surface area contributed by atoms with Crippen molar-refractivity contribution >= 4 is 12.0 Å². The predicted octanol–water partition coefficient (Wildman–Crippen LogP) is 3.86. The number of benzene rings is 2. The third-order valence-electron chi connectivity index (χ3n) is 3.15. The molecular formula is C18H17NO5. The molecule has 0 N–H and O–H groups in total. The predicted molar refractivity (Wildman–Crippen MR) is 89.8 cm³/mol. The molecule has 2 aromatic carbocycles. The molecule has 2 aromatic rings. The van der Waals surface area contributed by atoms with Crippen LogP contribution >= 0.6 is 0 Å². The summed E-state index contributed by atoms with van der Waals surface area (Å²) in [6.07, 6.45) is 2.18. The molecule has 0 amide bonds. The first-order chi connectivity index (χ1) is 11.5. The molecular weight excluding hydrogens is 310 g/mol. The molecule has 0 radical (unpaired) electrons. The van der Waals surface area contributed by atoms with Gasteiger partial charge >= 0.3 is 5.97 Å². The molecule has 0 heterocycles. The van der Waals surface area contributed by atoms with Gasteiger partial charge in [-0.05, 0) is 43.7 Å². The van der Waals surface area contributed by atoms with Crippen LogP contribution in [0.25, 0.3) is 6.08 Å². The second-order valence-corrected chi connectivity index (χ2v) is 5.00. The summed E-state index contributed by atoms with van der Waals surface area (Å²) in [6.45, 7) is 4.10. The van der Waals surface area contributed by atoms with E-state index in [2.05, 4.69) is 0 Å². The molecule has 0 aromatic heterocycles. The average Bonchev–Trinajstić information content (AvgIpc) is 2.55. The van der Waals surface area contributed by atoms with Crippen molar-refractivity contribution in [3.05, 3.63) is 75.5 Å². The minimum Gasteiger partial charge on any atom is -0.490 e. The highest BCUT2D eigenvalue weighted by molar-refractivity contribution is 5.91. The molecule has 24 heavy (non-hydrogen) atoms. The lowest BCUT2D eigenvalue weighted by Gasteiger charge is -2.11. The van der Waals surface area contributed by atoms with Crippen LogP contribution in [0.15, 0.2) is 48.7 Å². The Kier molecular flexibility index (Phi) is 5.68. The fourth-order valence-corrected chi connectivity index (χ4v) is 1.98. The van der Waals surface area contributed by atoms with E-state index < -0.39 is 10.9 Å². The van der Waals surface area contributed by atoms with Crippen LogP contribution in [0.2, 0.25) is 0 Å². The molecule has 0 bridgehead atoms. The number of esters is 1. The third-order valence-corrected chi connectivity index (χ3v) is 3.15. The van der Waals surface area contributed by atoms with Crippen LogP contribution in [0.3, 0.4) is 0 Å². The van der Waals surface area contributed by atoms with Gasteiger partial charge in [0.05, 0.1) is 17.1 Å². The topological polar surface area (TPSA) is 78.7 Å². The third kappa shape index (κ3) is 4.67. The van der Waals surface area contributed by atoms with E-state index in [-0.39, 0.29) is 5.75 Å². The van der Waals surface area contributed by atoms with Crippen molar-refractivity contribution in [2.45, 2.75) is 13.8 Å². The van der Waals surface area contributed by atoms with Gasteiger partial charge < -0.3 is 9.47 Å². The summed E-state index contributed by atoms with van der Waals surface area (Å²) in [5.74, 6) is 0.119. The summed E-state index contributed by atoms with van der Waals surface area (Å²) in [6, 6.07) is 11.8. The summed E-state index contributed by atoms with van der Waals surface area (Å²) in [7, 11) is 0. The van der Waals surface area contributed by atoms with E-state index in [0.717, 1.165) is 11.8 Å². The summed E-state index contributed by atoms with van der Waals surface area (Å²) < 4.78 is 10.8. The van der Waals surface area contributed by atoms with E-state index in [1.54, 1.807) is 37.3 Å². The Balaban J connectivity index is 2.23. The Labute approximate surface area is 139 Å². The van der Waals surface area contributed by atoms with Crippen LogP contribution in [0.5, 0.6) is 11.5 Å². The first kappa shape index (κ1) is 17.2. The molecule has 0 fully saturated rings. The lowest BCUT2D eigenvalue weighted by atomic mass is 10.1. The molecule has 0 unspecified atom stereocenters. The summed E-state index contributed by atoms with van der Waals surface area (Å²) >= 11 is 0. The second kappa shape index (κ2) is 7.92. The molecule has 124 valence electrons. The highest BCUT2D eigenvalue weighted by Crippen LogP contribution is 2.29.